The number of halogens is 2. The van der Waals surface area contributed by atoms with Gasteiger partial charge in [0.25, 0.3) is 0 Å². The van der Waals surface area contributed by atoms with Crippen molar-refractivity contribution in [1.82, 2.24) is 5.43 Å². The van der Waals surface area contributed by atoms with Crippen molar-refractivity contribution >= 4 is 0 Å². The lowest BCUT2D eigenvalue weighted by atomic mass is 10.0. The van der Waals surface area contributed by atoms with Crippen LogP contribution in [-0.2, 0) is 0 Å². The van der Waals surface area contributed by atoms with E-state index < -0.39 is 17.7 Å². The number of hydrazine groups is 1. The largest absolute Gasteiger partial charge is 0.467 e. The highest BCUT2D eigenvalue weighted by Gasteiger charge is 2.20. The zero-order valence-electron chi connectivity index (χ0n) is 8.28. The average molecular weight is 224 g/mol. The molecule has 0 spiro atoms. The second kappa shape index (κ2) is 4.42. The maximum atomic E-state index is 13.5. The molecule has 0 radical (unpaired) electrons. The molecule has 0 aliphatic heterocycles. The fourth-order valence-electron chi connectivity index (χ4n) is 1.52. The first-order chi connectivity index (χ1) is 7.74. The highest BCUT2D eigenvalue weighted by molar-refractivity contribution is 5.28. The predicted molar refractivity (Wildman–Crippen MR) is 54.2 cm³/mol. The Kier molecular flexibility index (Phi) is 2.98. The molecule has 1 aromatic carbocycles. The minimum Gasteiger partial charge on any atom is -0.467 e. The summed E-state index contributed by atoms with van der Waals surface area (Å²) < 4.78 is 31.7. The highest BCUT2D eigenvalue weighted by Crippen LogP contribution is 2.25. The van der Waals surface area contributed by atoms with E-state index >= 15 is 0 Å². The Morgan fingerprint density at radius 2 is 2.00 bits per heavy atom. The molecule has 1 atom stereocenters. The first-order valence-electron chi connectivity index (χ1n) is 4.67. The van der Waals surface area contributed by atoms with Crippen LogP contribution in [0.15, 0.2) is 41.0 Å². The Bertz CT molecular complexity index is 471. The minimum atomic E-state index is -0.929. The second-order valence-electron chi connectivity index (χ2n) is 3.26. The van der Waals surface area contributed by atoms with Crippen LogP contribution in [0.3, 0.4) is 0 Å². The molecule has 0 bridgehead atoms. The van der Waals surface area contributed by atoms with Gasteiger partial charge in [-0.3, -0.25) is 5.84 Å². The van der Waals surface area contributed by atoms with E-state index in [2.05, 4.69) is 5.43 Å². The highest BCUT2D eigenvalue weighted by atomic mass is 19.2. The summed E-state index contributed by atoms with van der Waals surface area (Å²) in [6, 6.07) is 6.50. The Balaban J connectivity index is 2.45. The van der Waals surface area contributed by atoms with E-state index in [0.717, 1.165) is 6.07 Å². The summed E-state index contributed by atoms with van der Waals surface area (Å²) in [5.41, 5.74) is 2.50. The Hall–Kier alpha value is -1.72. The fourth-order valence-corrected chi connectivity index (χ4v) is 1.52. The molecule has 5 heteroatoms. The van der Waals surface area contributed by atoms with Gasteiger partial charge in [-0.2, -0.15) is 0 Å². The Morgan fingerprint density at radius 1 is 1.19 bits per heavy atom. The second-order valence-corrected chi connectivity index (χ2v) is 3.26. The van der Waals surface area contributed by atoms with Gasteiger partial charge in [0, 0.05) is 5.56 Å². The molecule has 0 aliphatic rings. The molecular formula is C11H10F2N2O. The monoisotopic (exact) mass is 224 g/mol. The van der Waals surface area contributed by atoms with Gasteiger partial charge < -0.3 is 4.42 Å². The summed E-state index contributed by atoms with van der Waals surface area (Å²) in [5, 5.41) is 0. The normalized spacial score (nSPS) is 12.7. The van der Waals surface area contributed by atoms with Crippen molar-refractivity contribution in [3.05, 3.63) is 59.6 Å². The van der Waals surface area contributed by atoms with E-state index in [0.29, 0.717) is 5.76 Å². The van der Waals surface area contributed by atoms with Crippen molar-refractivity contribution < 1.29 is 13.2 Å². The van der Waals surface area contributed by atoms with E-state index in [1.54, 1.807) is 12.1 Å². The summed E-state index contributed by atoms with van der Waals surface area (Å²) in [5.74, 6) is 3.90. The molecule has 0 saturated carbocycles. The van der Waals surface area contributed by atoms with Gasteiger partial charge in [0.05, 0.1) is 6.26 Å². The number of nitrogens with one attached hydrogen (secondary N) is 1. The third-order valence-corrected chi connectivity index (χ3v) is 2.29. The number of furan rings is 1. The van der Waals surface area contributed by atoms with Gasteiger partial charge in [-0.05, 0) is 18.2 Å². The number of nitrogens with two attached hydrogens (primary N) is 1. The smallest absolute Gasteiger partial charge is 0.164 e. The molecule has 0 aliphatic carbocycles. The van der Waals surface area contributed by atoms with Crippen molar-refractivity contribution in [1.29, 1.82) is 0 Å². The number of benzene rings is 1. The minimum absolute atomic E-state index is 0.109. The Morgan fingerprint density at radius 3 is 2.62 bits per heavy atom. The van der Waals surface area contributed by atoms with Crippen molar-refractivity contribution in [2.24, 2.45) is 5.84 Å². The van der Waals surface area contributed by atoms with E-state index in [-0.39, 0.29) is 5.56 Å². The molecule has 0 amide bonds. The van der Waals surface area contributed by atoms with Crippen LogP contribution in [-0.4, -0.2) is 0 Å². The van der Waals surface area contributed by atoms with E-state index in [9.17, 15) is 8.78 Å². The van der Waals surface area contributed by atoms with Crippen molar-refractivity contribution in [2.45, 2.75) is 6.04 Å². The van der Waals surface area contributed by atoms with Crippen LogP contribution >= 0.6 is 0 Å². The molecule has 1 unspecified atom stereocenters. The van der Waals surface area contributed by atoms with Crippen LogP contribution in [0.4, 0.5) is 8.78 Å². The number of hydrogen-bond donors (Lipinski definition) is 2. The summed E-state index contributed by atoms with van der Waals surface area (Å²) >= 11 is 0. The zero-order valence-corrected chi connectivity index (χ0v) is 8.28. The first kappa shape index (κ1) is 10.8. The van der Waals surface area contributed by atoms with Gasteiger partial charge in [-0.15, -0.1) is 0 Å². The van der Waals surface area contributed by atoms with Crippen LogP contribution in [0.25, 0.3) is 0 Å². The quantitative estimate of drug-likeness (QED) is 0.620. The molecule has 2 rings (SSSR count). The van der Waals surface area contributed by atoms with Crippen LogP contribution < -0.4 is 11.3 Å². The predicted octanol–water partition coefficient (Wildman–Crippen LogP) is 2.11. The summed E-state index contributed by atoms with van der Waals surface area (Å²) in [4.78, 5) is 0. The van der Waals surface area contributed by atoms with Crippen molar-refractivity contribution in [2.75, 3.05) is 0 Å². The third-order valence-electron chi connectivity index (χ3n) is 2.29. The van der Waals surface area contributed by atoms with Gasteiger partial charge in [-0.1, -0.05) is 12.1 Å². The molecule has 84 valence electrons. The molecule has 16 heavy (non-hydrogen) atoms. The molecule has 3 nitrogen and oxygen atoms in total. The van der Waals surface area contributed by atoms with Gasteiger partial charge in [-0.25, -0.2) is 14.2 Å². The third kappa shape index (κ3) is 1.82. The molecule has 1 aromatic heterocycles. The van der Waals surface area contributed by atoms with Crippen LogP contribution in [0.1, 0.15) is 17.4 Å². The fraction of sp³-hybridized carbons (Fsp3) is 0.0909. The van der Waals surface area contributed by atoms with Crippen LogP contribution in [0, 0.1) is 11.6 Å². The first-order valence-corrected chi connectivity index (χ1v) is 4.67. The summed E-state index contributed by atoms with van der Waals surface area (Å²) in [6.45, 7) is 0. The average Bonchev–Trinajstić information content (AvgIpc) is 2.79. The summed E-state index contributed by atoms with van der Waals surface area (Å²) in [7, 11) is 0. The van der Waals surface area contributed by atoms with Gasteiger partial charge in [0.15, 0.2) is 11.6 Å². The lowest BCUT2D eigenvalue weighted by Crippen LogP contribution is -2.29. The lowest BCUT2D eigenvalue weighted by Gasteiger charge is -2.14. The van der Waals surface area contributed by atoms with Gasteiger partial charge in [0.1, 0.15) is 11.8 Å². The van der Waals surface area contributed by atoms with Gasteiger partial charge >= 0.3 is 0 Å². The molecular weight excluding hydrogens is 214 g/mol. The molecule has 2 aromatic rings. The van der Waals surface area contributed by atoms with Gasteiger partial charge in [0.2, 0.25) is 0 Å². The number of rotatable bonds is 3. The van der Waals surface area contributed by atoms with E-state index in [1.165, 1.54) is 18.4 Å². The molecule has 0 fully saturated rings. The SMILES string of the molecule is NNC(c1ccco1)c1cccc(F)c1F. The summed E-state index contributed by atoms with van der Waals surface area (Å²) in [6.07, 6.45) is 1.44. The standard InChI is InChI=1S/C11H10F2N2O/c12-8-4-1-3-7(10(8)13)11(15-14)9-5-2-6-16-9/h1-6,11,15H,14H2. The molecule has 0 saturated heterocycles. The van der Waals surface area contributed by atoms with Crippen molar-refractivity contribution in [3.8, 4) is 0 Å². The maximum Gasteiger partial charge on any atom is 0.164 e. The van der Waals surface area contributed by atoms with E-state index in [4.69, 9.17) is 10.3 Å². The van der Waals surface area contributed by atoms with Crippen molar-refractivity contribution in [3.63, 3.8) is 0 Å². The van der Waals surface area contributed by atoms with Crippen LogP contribution in [0.2, 0.25) is 0 Å². The lowest BCUT2D eigenvalue weighted by molar-refractivity contribution is 0.430. The molecule has 3 N–H and O–H groups in total. The maximum absolute atomic E-state index is 13.5. The topological polar surface area (TPSA) is 51.2 Å². The van der Waals surface area contributed by atoms with E-state index in [1.807, 2.05) is 0 Å². The Labute approximate surface area is 90.8 Å². The molecule has 1 heterocycles. The van der Waals surface area contributed by atoms with Crippen LogP contribution in [0.5, 0.6) is 0 Å². The zero-order chi connectivity index (χ0) is 11.5. The number of hydrogen-bond acceptors (Lipinski definition) is 3.